The summed E-state index contributed by atoms with van der Waals surface area (Å²) in [5.41, 5.74) is -0.131. The van der Waals surface area contributed by atoms with Crippen molar-refractivity contribution in [1.82, 2.24) is 0 Å². The standard InChI is InChI=1S/C9H7F3O3/c1-4-2-7(15-9(11)12)6(10)3-5(4)8(13)14/h2-3,9H,1H3,(H,13,14). The van der Waals surface area contributed by atoms with Gasteiger partial charge < -0.3 is 9.84 Å². The fourth-order valence-electron chi connectivity index (χ4n) is 1.07. The highest BCUT2D eigenvalue weighted by atomic mass is 19.3. The Morgan fingerprint density at radius 2 is 2.07 bits per heavy atom. The van der Waals surface area contributed by atoms with E-state index in [1.54, 1.807) is 0 Å². The SMILES string of the molecule is Cc1cc(OC(F)F)c(F)cc1C(=O)O. The lowest BCUT2D eigenvalue weighted by molar-refractivity contribution is -0.0522. The van der Waals surface area contributed by atoms with Crippen LogP contribution >= 0.6 is 0 Å². The number of aryl methyl sites for hydroxylation is 1. The summed E-state index contributed by atoms with van der Waals surface area (Å²) in [6, 6.07) is 1.57. The first-order valence-corrected chi connectivity index (χ1v) is 3.90. The van der Waals surface area contributed by atoms with Crippen molar-refractivity contribution in [2.75, 3.05) is 0 Å². The van der Waals surface area contributed by atoms with Crippen LogP contribution in [0.1, 0.15) is 15.9 Å². The zero-order valence-electron chi connectivity index (χ0n) is 7.63. The molecule has 0 fully saturated rings. The largest absolute Gasteiger partial charge is 0.478 e. The van der Waals surface area contributed by atoms with Gasteiger partial charge in [-0.25, -0.2) is 9.18 Å². The normalized spacial score (nSPS) is 10.5. The molecule has 0 radical (unpaired) electrons. The second-order valence-electron chi connectivity index (χ2n) is 2.78. The van der Waals surface area contributed by atoms with Crippen molar-refractivity contribution in [2.24, 2.45) is 0 Å². The molecule has 0 aliphatic rings. The smallest absolute Gasteiger partial charge is 0.387 e. The van der Waals surface area contributed by atoms with Crippen molar-refractivity contribution in [3.05, 3.63) is 29.1 Å². The van der Waals surface area contributed by atoms with Crippen molar-refractivity contribution in [2.45, 2.75) is 13.5 Å². The van der Waals surface area contributed by atoms with Gasteiger partial charge in [0, 0.05) is 0 Å². The van der Waals surface area contributed by atoms with Gasteiger partial charge in [0.25, 0.3) is 0 Å². The van der Waals surface area contributed by atoms with Crippen LogP contribution in [0, 0.1) is 12.7 Å². The average Bonchev–Trinajstić information content (AvgIpc) is 2.09. The number of rotatable bonds is 3. The molecule has 0 amide bonds. The molecule has 1 N–H and O–H groups in total. The Hall–Kier alpha value is -1.72. The van der Waals surface area contributed by atoms with E-state index >= 15 is 0 Å². The Kier molecular flexibility index (Phi) is 3.18. The van der Waals surface area contributed by atoms with Gasteiger partial charge in [0.2, 0.25) is 0 Å². The van der Waals surface area contributed by atoms with Crippen LogP contribution in [0.4, 0.5) is 13.2 Å². The minimum absolute atomic E-state index is 0.152. The van der Waals surface area contributed by atoms with Crippen LogP contribution in [0.25, 0.3) is 0 Å². The maximum absolute atomic E-state index is 13.0. The van der Waals surface area contributed by atoms with Crippen LogP contribution in [0.3, 0.4) is 0 Å². The summed E-state index contributed by atoms with van der Waals surface area (Å²) in [7, 11) is 0. The molecule has 0 aliphatic carbocycles. The molecule has 1 aromatic rings. The first-order valence-electron chi connectivity index (χ1n) is 3.90. The van der Waals surface area contributed by atoms with Crippen LogP contribution < -0.4 is 4.74 Å². The zero-order valence-corrected chi connectivity index (χ0v) is 7.63. The second-order valence-corrected chi connectivity index (χ2v) is 2.78. The topological polar surface area (TPSA) is 46.5 Å². The van der Waals surface area contributed by atoms with E-state index < -0.39 is 24.1 Å². The lowest BCUT2D eigenvalue weighted by Crippen LogP contribution is -2.06. The van der Waals surface area contributed by atoms with E-state index in [0.717, 1.165) is 6.07 Å². The number of carboxylic acids is 1. The van der Waals surface area contributed by atoms with E-state index in [2.05, 4.69) is 4.74 Å². The van der Waals surface area contributed by atoms with Crippen molar-refractivity contribution < 1.29 is 27.8 Å². The monoisotopic (exact) mass is 220 g/mol. The summed E-state index contributed by atoms with van der Waals surface area (Å²) in [5, 5.41) is 8.61. The molecule has 0 unspecified atom stereocenters. The van der Waals surface area contributed by atoms with E-state index in [9.17, 15) is 18.0 Å². The predicted molar refractivity (Wildman–Crippen MR) is 44.7 cm³/mol. The van der Waals surface area contributed by atoms with Gasteiger partial charge in [0.05, 0.1) is 5.56 Å². The van der Waals surface area contributed by atoms with Crippen molar-refractivity contribution in [3.8, 4) is 5.75 Å². The Labute approximate surface area is 83.1 Å². The summed E-state index contributed by atoms with van der Waals surface area (Å²) in [6.45, 7) is -1.78. The molecule has 3 nitrogen and oxygen atoms in total. The number of carbonyl (C=O) groups is 1. The van der Waals surface area contributed by atoms with Crippen molar-refractivity contribution in [1.29, 1.82) is 0 Å². The number of benzene rings is 1. The molecule has 6 heteroatoms. The van der Waals surface area contributed by atoms with Crippen molar-refractivity contribution >= 4 is 5.97 Å². The first-order chi connectivity index (χ1) is 6.91. The molecular weight excluding hydrogens is 213 g/mol. The fourth-order valence-corrected chi connectivity index (χ4v) is 1.07. The minimum atomic E-state index is -3.14. The fraction of sp³-hybridized carbons (Fsp3) is 0.222. The summed E-state index contributed by atoms with van der Waals surface area (Å²) in [6.07, 6.45) is 0. The molecule has 0 heterocycles. The van der Waals surface area contributed by atoms with Crippen molar-refractivity contribution in [3.63, 3.8) is 0 Å². The first kappa shape index (κ1) is 11.4. The molecule has 0 aromatic heterocycles. The molecule has 0 aliphatic heterocycles. The number of hydrogen-bond donors (Lipinski definition) is 1. The maximum atomic E-state index is 13.0. The van der Waals surface area contributed by atoms with Gasteiger partial charge >= 0.3 is 12.6 Å². The molecule has 0 atom stereocenters. The van der Waals surface area contributed by atoms with Crippen LogP contribution in [-0.4, -0.2) is 17.7 Å². The Balaban J connectivity index is 3.13. The molecule has 0 bridgehead atoms. The van der Waals surface area contributed by atoms with E-state index in [-0.39, 0.29) is 11.1 Å². The third-order valence-electron chi connectivity index (χ3n) is 1.73. The Bertz CT molecular complexity index is 390. The average molecular weight is 220 g/mol. The predicted octanol–water partition coefficient (Wildman–Crippen LogP) is 2.43. The Morgan fingerprint density at radius 3 is 2.53 bits per heavy atom. The van der Waals surface area contributed by atoms with Gasteiger partial charge in [0.15, 0.2) is 11.6 Å². The molecule has 1 rings (SSSR count). The number of ether oxygens (including phenoxy) is 1. The summed E-state index contributed by atoms with van der Waals surface area (Å²) in [4.78, 5) is 10.6. The second kappa shape index (κ2) is 4.20. The van der Waals surface area contributed by atoms with Crippen LogP contribution in [0.2, 0.25) is 0 Å². The number of alkyl halides is 2. The number of carboxylic acid groups (broad SMARTS) is 1. The van der Waals surface area contributed by atoms with Crippen LogP contribution in [0.15, 0.2) is 12.1 Å². The van der Waals surface area contributed by atoms with Gasteiger partial charge in [-0.05, 0) is 24.6 Å². The lowest BCUT2D eigenvalue weighted by Gasteiger charge is -2.08. The highest BCUT2D eigenvalue weighted by Crippen LogP contribution is 2.23. The molecular formula is C9H7F3O3. The molecule has 0 saturated carbocycles. The molecule has 82 valence electrons. The van der Waals surface area contributed by atoms with Gasteiger partial charge in [-0.2, -0.15) is 8.78 Å². The van der Waals surface area contributed by atoms with Crippen LogP contribution in [-0.2, 0) is 0 Å². The number of aromatic carboxylic acids is 1. The van der Waals surface area contributed by atoms with E-state index in [0.29, 0.717) is 6.07 Å². The molecule has 0 spiro atoms. The van der Waals surface area contributed by atoms with Gasteiger partial charge in [-0.15, -0.1) is 0 Å². The Morgan fingerprint density at radius 1 is 1.47 bits per heavy atom. The van der Waals surface area contributed by atoms with Gasteiger partial charge in [-0.1, -0.05) is 0 Å². The molecule has 0 saturated heterocycles. The highest BCUT2D eigenvalue weighted by Gasteiger charge is 2.15. The zero-order chi connectivity index (χ0) is 11.6. The number of hydrogen-bond acceptors (Lipinski definition) is 2. The summed E-state index contributed by atoms with van der Waals surface area (Å²) >= 11 is 0. The summed E-state index contributed by atoms with van der Waals surface area (Å²) < 4.78 is 40.5. The number of halogens is 3. The molecule has 15 heavy (non-hydrogen) atoms. The van der Waals surface area contributed by atoms with E-state index in [1.807, 2.05) is 0 Å². The van der Waals surface area contributed by atoms with E-state index in [1.165, 1.54) is 6.92 Å². The minimum Gasteiger partial charge on any atom is -0.478 e. The molecule has 1 aromatic carbocycles. The summed E-state index contributed by atoms with van der Waals surface area (Å²) in [5.74, 6) is -3.11. The van der Waals surface area contributed by atoms with E-state index in [4.69, 9.17) is 5.11 Å². The van der Waals surface area contributed by atoms with Crippen LogP contribution in [0.5, 0.6) is 5.75 Å². The third-order valence-corrected chi connectivity index (χ3v) is 1.73. The maximum Gasteiger partial charge on any atom is 0.387 e. The quantitative estimate of drug-likeness (QED) is 0.850. The highest BCUT2D eigenvalue weighted by molar-refractivity contribution is 5.89. The van der Waals surface area contributed by atoms with Gasteiger partial charge in [0.1, 0.15) is 0 Å². The lowest BCUT2D eigenvalue weighted by atomic mass is 10.1. The third kappa shape index (κ3) is 2.61. The van der Waals surface area contributed by atoms with Gasteiger partial charge in [-0.3, -0.25) is 0 Å².